The molecule has 0 aromatic heterocycles. The third kappa shape index (κ3) is 4.41. The zero-order chi connectivity index (χ0) is 14.7. The molecule has 6 heteroatoms. The van der Waals surface area contributed by atoms with Gasteiger partial charge in [0, 0.05) is 30.8 Å². The van der Waals surface area contributed by atoms with Crippen molar-refractivity contribution < 1.29 is 4.92 Å². The Kier molecular flexibility index (Phi) is 6.17. The van der Waals surface area contributed by atoms with Crippen molar-refractivity contribution >= 4 is 18.1 Å². The Labute approximate surface area is 137 Å². The first-order valence-corrected chi connectivity index (χ1v) is 7.91. The molecule has 2 fully saturated rings. The standard InChI is InChI=1S/C16H23N3O2.ClH/c20-19(21)16-6-2-1-5-14(16)12-18(15-7-8-15)11-13-4-3-9-17-10-13;/h1-2,5-6,13,15,17H,3-4,7-12H2;1H. The van der Waals surface area contributed by atoms with Gasteiger partial charge in [0.1, 0.15) is 0 Å². The molecule has 1 aliphatic carbocycles. The third-order valence-corrected chi connectivity index (χ3v) is 4.52. The molecule has 1 aromatic rings. The normalized spacial score (nSPS) is 21.4. The molecule has 0 amide bonds. The smallest absolute Gasteiger partial charge is 0.273 e. The van der Waals surface area contributed by atoms with Gasteiger partial charge in [-0.1, -0.05) is 18.2 Å². The molecule has 0 bridgehead atoms. The van der Waals surface area contributed by atoms with Gasteiger partial charge in [-0.05, 0) is 44.7 Å². The van der Waals surface area contributed by atoms with Crippen LogP contribution in [0.5, 0.6) is 0 Å². The summed E-state index contributed by atoms with van der Waals surface area (Å²) in [4.78, 5) is 13.4. The largest absolute Gasteiger partial charge is 0.316 e. The molecular formula is C16H24ClN3O2. The maximum absolute atomic E-state index is 11.2. The van der Waals surface area contributed by atoms with E-state index in [1.165, 1.54) is 25.7 Å². The second-order valence-corrected chi connectivity index (χ2v) is 6.26. The lowest BCUT2D eigenvalue weighted by Crippen LogP contribution is -2.39. The molecule has 0 spiro atoms. The maximum atomic E-state index is 11.2. The Hall–Kier alpha value is -1.17. The van der Waals surface area contributed by atoms with Crippen LogP contribution in [0, 0.1) is 16.0 Å². The van der Waals surface area contributed by atoms with Crippen molar-refractivity contribution in [1.29, 1.82) is 0 Å². The molecule has 22 heavy (non-hydrogen) atoms. The highest BCUT2D eigenvalue weighted by atomic mass is 35.5. The summed E-state index contributed by atoms with van der Waals surface area (Å²) in [6.45, 7) is 3.98. The number of para-hydroxylation sites is 1. The van der Waals surface area contributed by atoms with E-state index in [0.29, 0.717) is 18.5 Å². The molecule has 1 saturated carbocycles. The highest BCUT2D eigenvalue weighted by molar-refractivity contribution is 5.85. The summed E-state index contributed by atoms with van der Waals surface area (Å²) in [5, 5.41) is 14.6. The molecule has 5 nitrogen and oxygen atoms in total. The highest BCUT2D eigenvalue weighted by Crippen LogP contribution is 2.31. The summed E-state index contributed by atoms with van der Waals surface area (Å²) in [7, 11) is 0. The minimum atomic E-state index is -0.261. The van der Waals surface area contributed by atoms with Crippen LogP contribution in [-0.2, 0) is 6.54 Å². The average Bonchev–Trinajstić information content (AvgIpc) is 3.33. The summed E-state index contributed by atoms with van der Waals surface area (Å²) < 4.78 is 0. The number of nitrogens with zero attached hydrogens (tertiary/aromatic N) is 2. The summed E-state index contributed by atoms with van der Waals surface area (Å²) in [6, 6.07) is 7.78. The Morgan fingerprint density at radius 1 is 1.27 bits per heavy atom. The number of nitro benzene ring substituents is 1. The second-order valence-electron chi connectivity index (χ2n) is 6.26. The van der Waals surface area contributed by atoms with Crippen LogP contribution in [0.1, 0.15) is 31.2 Å². The Balaban J connectivity index is 0.00000176. The first kappa shape index (κ1) is 17.2. The lowest BCUT2D eigenvalue weighted by molar-refractivity contribution is -0.385. The Morgan fingerprint density at radius 3 is 2.68 bits per heavy atom. The molecule has 1 atom stereocenters. The van der Waals surface area contributed by atoms with Crippen molar-refractivity contribution in [2.75, 3.05) is 19.6 Å². The zero-order valence-electron chi connectivity index (χ0n) is 12.7. The van der Waals surface area contributed by atoms with E-state index >= 15 is 0 Å². The van der Waals surface area contributed by atoms with E-state index in [1.807, 2.05) is 12.1 Å². The summed E-state index contributed by atoms with van der Waals surface area (Å²) in [5.41, 5.74) is 1.10. The van der Waals surface area contributed by atoms with Crippen LogP contribution in [0.15, 0.2) is 24.3 Å². The highest BCUT2D eigenvalue weighted by Gasteiger charge is 2.32. The van der Waals surface area contributed by atoms with E-state index in [1.54, 1.807) is 12.1 Å². The molecule has 0 radical (unpaired) electrons. The molecule has 1 aromatic carbocycles. The van der Waals surface area contributed by atoms with Crippen molar-refractivity contribution in [3.8, 4) is 0 Å². The molecule has 3 rings (SSSR count). The van der Waals surface area contributed by atoms with Gasteiger partial charge in [-0.15, -0.1) is 12.4 Å². The van der Waals surface area contributed by atoms with E-state index < -0.39 is 0 Å². The van der Waals surface area contributed by atoms with Gasteiger partial charge in [-0.2, -0.15) is 0 Å². The predicted molar refractivity (Wildman–Crippen MR) is 89.4 cm³/mol. The van der Waals surface area contributed by atoms with Gasteiger partial charge in [0.15, 0.2) is 0 Å². The van der Waals surface area contributed by atoms with Gasteiger partial charge < -0.3 is 5.32 Å². The molecule has 1 N–H and O–H groups in total. The van der Waals surface area contributed by atoms with E-state index in [2.05, 4.69) is 10.2 Å². The maximum Gasteiger partial charge on any atom is 0.273 e. The van der Waals surface area contributed by atoms with Crippen molar-refractivity contribution in [1.82, 2.24) is 10.2 Å². The van der Waals surface area contributed by atoms with Crippen LogP contribution in [0.25, 0.3) is 0 Å². The van der Waals surface area contributed by atoms with Crippen molar-refractivity contribution in [2.45, 2.75) is 38.3 Å². The molecule has 1 unspecified atom stereocenters. The van der Waals surface area contributed by atoms with Crippen molar-refractivity contribution in [2.24, 2.45) is 5.92 Å². The van der Waals surface area contributed by atoms with Gasteiger partial charge in [-0.25, -0.2) is 0 Å². The fourth-order valence-corrected chi connectivity index (χ4v) is 3.24. The van der Waals surface area contributed by atoms with E-state index in [9.17, 15) is 10.1 Å². The summed E-state index contributed by atoms with van der Waals surface area (Å²) in [6.07, 6.45) is 4.99. The number of hydrogen-bond donors (Lipinski definition) is 1. The molecule has 122 valence electrons. The van der Waals surface area contributed by atoms with Crippen LogP contribution >= 0.6 is 12.4 Å². The number of nitro groups is 1. The number of piperidine rings is 1. The molecular weight excluding hydrogens is 302 g/mol. The van der Waals surface area contributed by atoms with Crippen molar-refractivity contribution in [3.05, 3.63) is 39.9 Å². The zero-order valence-corrected chi connectivity index (χ0v) is 13.6. The number of halogens is 1. The summed E-state index contributed by atoms with van der Waals surface area (Å²) in [5.74, 6) is 0.683. The SMILES string of the molecule is Cl.O=[N+]([O-])c1ccccc1CN(CC1CCCNC1)C1CC1. The van der Waals surface area contributed by atoms with Gasteiger partial charge in [0.2, 0.25) is 0 Å². The first-order valence-electron chi connectivity index (χ1n) is 7.91. The number of rotatable bonds is 6. The van der Waals surface area contributed by atoms with Gasteiger partial charge in [0.05, 0.1) is 4.92 Å². The lowest BCUT2D eigenvalue weighted by atomic mass is 9.98. The lowest BCUT2D eigenvalue weighted by Gasteiger charge is -2.30. The van der Waals surface area contributed by atoms with Crippen LogP contribution < -0.4 is 5.32 Å². The van der Waals surface area contributed by atoms with Crippen LogP contribution in [0.2, 0.25) is 0 Å². The van der Waals surface area contributed by atoms with Crippen LogP contribution in [-0.4, -0.2) is 35.5 Å². The van der Waals surface area contributed by atoms with E-state index in [0.717, 1.165) is 25.2 Å². The van der Waals surface area contributed by atoms with Crippen molar-refractivity contribution in [3.63, 3.8) is 0 Å². The number of nitrogens with one attached hydrogen (secondary N) is 1. The fraction of sp³-hybridized carbons (Fsp3) is 0.625. The topological polar surface area (TPSA) is 58.4 Å². The quantitative estimate of drug-likeness (QED) is 0.645. The minimum absolute atomic E-state index is 0. The van der Waals surface area contributed by atoms with E-state index in [-0.39, 0.29) is 23.0 Å². The first-order chi connectivity index (χ1) is 10.2. The molecule has 1 heterocycles. The predicted octanol–water partition coefficient (Wildman–Crippen LogP) is 2.98. The number of benzene rings is 1. The van der Waals surface area contributed by atoms with Gasteiger partial charge in [-0.3, -0.25) is 15.0 Å². The molecule has 1 saturated heterocycles. The minimum Gasteiger partial charge on any atom is -0.316 e. The van der Waals surface area contributed by atoms with Crippen LogP contribution in [0.4, 0.5) is 5.69 Å². The third-order valence-electron chi connectivity index (χ3n) is 4.52. The molecule has 2 aliphatic rings. The van der Waals surface area contributed by atoms with Gasteiger partial charge >= 0.3 is 0 Å². The number of hydrogen-bond acceptors (Lipinski definition) is 4. The fourth-order valence-electron chi connectivity index (χ4n) is 3.24. The van der Waals surface area contributed by atoms with Crippen LogP contribution in [0.3, 0.4) is 0 Å². The molecule has 1 aliphatic heterocycles. The second kappa shape index (κ2) is 7.90. The monoisotopic (exact) mass is 325 g/mol. The Morgan fingerprint density at radius 2 is 2.05 bits per heavy atom. The Bertz CT molecular complexity index is 502. The van der Waals surface area contributed by atoms with E-state index in [4.69, 9.17) is 0 Å². The summed E-state index contributed by atoms with van der Waals surface area (Å²) >= 11 is 0. The average molecular weight is 326 g/mol. The van der Waals surface area contributed by atoms with Gasteiger partial charge in [0.25, 0.3) is 5.69 Å².